The molecular formula is C12H18ClNO. The van der Waals surface area contributed by atoms with E-state index in [1.54, 1.807) is 0 Å². The maximum atomic E-state index is 5.84. The van der Waals surface area contributed by atoms with E-state index in [1.165, 1.54) is 0 Å². The Morgan fingerprint density at radius 2 is 2.13 bits per heavy atom. The van der Waals surface area contributed by atoms with Crippen molar-refractivity contribution in [1.82, 2.24) is 0 Å². The highest BCUT2D eigenvalue weighted by molar-refractivity contribution is 6.30. The number of hydrogen-bond acceptors (Lipinski definition) is 2. The van der Waals surface area contributed by atoms with Crippen molar-refractivity contribution in [3.8, 4) is 5.75 Å². The molecule has 0 saturated heterocycles. The van der Waals surface area contributed by atoms with Gasteiger partial charge in [0.25, 0.3) is 0 Å². The molecule has 0 bridgehead atoms. The quantitative estimate of drug-likeness (QED) is 0.839. The van der Waals surface area contributed by atoms with Gasteiger partial charge in [-0.25, -0.2) is 0 Å². The second kappa shape index (κ2) is 5.38. The zero-order valence-electron chi connectivity index (χ0n) is 9.29. The summed E-state index contributed by atoms with van der Waals surface area (Å²) in [6, 6.07) is 7.43. The summed E-state index contributed by atoms with van der Waals surface area (Å²) in [6.07, 6.45) is 0.940. The van der Waals surface area contributed by atoms with Crippen LogP contribution in [0, 0.1) is 5.41 Å². The van der Waals surface area contributed by atoms with E-state index in [9.17, 15) is 0 Å². The van der Waals surface area contributed by atoms with Crippen molar-refractivity contribution >= 4 is 11.6 Å². The van der Waals surface area contributed by atoms with Crippen LogP contribution in [0.15, 0.2) is 24.3 Å². The van der Waals surface area contributed by atoms with Crippen LogP contribution in [-0.4, -0.2) is 13.2 Å². The molecule has 0 aliphatic carbocycles. The Morgan fingerprint density at radius 1 is 1.40 bits per heavy atom. The van der Waals surface area contributed by atoms with Crippen LogP contribution in [0.4, 0.5) is 0 Å². The molecule has 0 unspecified atom stereocenters. The van der Waals surface area contributed by atoms with Gasteiger partial charge in [-0.15, -0.1) is 0 Å². The molecule has 0 aromatic heterocycles. The summed E-state index contributed by atoms with van der Waals surface area (Å²) in [5, 5.41) is 0.700. The molecule has 0 fully saturated rings. The molecule has 84 valence electrons. The summed E-state index contributed by atoms with van der Waals surface area (Å²) < 4.78 is 5.58. The lowest BCUT2D eigenvalue weighted by Gasteiger charge is -2.22. The molecule has 0 atom stereocenters. The minimum absolute atomic E-state index is 0.137. The van der Waals surface area contributed by atoms with Crippen LogP contribution in [-0.2, 0) is 0 Å². The molecule has 0 amide bonds. The Morgan fingerprint density at radius 3 is 2.73 bits per heavy atom. The average molecular weight is 228 g/mol. The van der Waals surface area contributed by atoms with Gasteiger partial charge >= 0.3 is 0 Å². The van der Waals surface area contributed by atoms with Gasteiger partial charge in [-0.05, 0) is 36.6 Å². The van der Waals surface area contributed by atoms with Gasteiger partial charge in [0.05, 0.1) is 6.61 Å². The van der Waals surface area contributed by atoms with Crippen LogP contribution in [0.5, 0.6) is 5.75 Å². The third-order valence-electron chi connectivity index (χ3n) is 2.40. The lowest BCUT2D eigenvalue weighted by molar-refractivity contribution is 0.233. The first kappa shape index (κ1) is 12.3. The number of rotatable bonds is 5. The Labute approximate surface area is 96.4 Å². The maximum absolute atomic E-state index is 5.84. The summed E-state index contributed by atoms with van der Waals surface area (Å²) in [6.45, 7) is 5.61. The molecule has 2 N–H and O–H groups in total. The van der Waals surface area contributed by atoms with Gasteiger partial charge in [0.1, 0.15) is 5.75 Å². The smallest absolute Gasteiger partial charge is 0.120 e. The van der Waals surface area contributed by atoms with Gasteiger partial charge in [-0.1, -0.05) is 31.5 Å². The van der Waals surface area contributed by atoms with Gasteiger partial charge in [0, 0.05) is 5.02 Å². The molecular weight excluding hydrogens is 210 g/mol. The van der Waals surface area contributed by atoms with E-state index < -0.39 is 0 Å². The van der Waals surface area contributed by atoms with Crippen LogP contribution in [0.3, 0.4) is 0 Å². The van der Waals surface area contributed by atoms with Crippen molar-refractivity contribution in [2.45, 2.75) is 20.3 Å². The zero-order chi connectivity index (χ0) is 11.3. The van der Waals surface area contributed by atoms with Gasteiger partial charge in [-0.3, -0.25) is 0 Å². The van der Waals surface area contributed by atoms with Gasteiger partial charge in [0.2, 0.25) is 0 Å². The number of benzene rings is 1. The molecule has 1 rings (SSSR count). The third-order valence-corrected chi connectivity index (χ3v) is 2.63. The highest BCUT2D eigenvalue weighted by Crippen LogP contribution is 2.21. The maximum Gasteiger partial charge on any atom is 0.120 e. The first-order valence-corrected chi connectivity index (χ1v) is 5.50. The lowest BCUT2D eigenvalue weighted by atomic mass is 9.90. The van der Waals surface area contributed by atoms with E-state index in [4.69, 9.17) is 22.1 Å². The van der Waals surface area contributed by atoms with Crippen molar-refractivity contribution < 1.29 is 4.74 Å². The molecule has 0 heterocycles. The summed E-state index contributed by atoms with van der Waals surface area (Å²) in [7, 11) is 0. The van der Waals surface area contributed by atoms with Crippen LogP contribution < -0.4 is 10.5 Å². The van der Waals surface area contributed by atoms with Gasteiger partial charge in [0.15, 0.2) is 0 Å². The van der Waals surface area contributed by atoms with Gasteiger partial charge < -0.3 is 10.5 Å². The SMILES string of the molecule is CC(C)(CN)CCOc1cccc(Cl)c1. The van der Waals surface area contributed by atoms with E-state index in [0.29, 0.717) is 18.2 Å². The van der Waals surface area contributed by atoms with Crippen LogP contribution in [0.25, 0.3) is 0 Å². The fraction of sp³-hybridized carbons (Fsp3) is 0.500. The van der Waals surface area contributed by atoms with Crippen LogP contribution >= 0.6 is 11.6 Å². The topological polar surface area (TPSA) is 35.2 Å². The predicted octanol–water partition coefficient (Wildman–Crippen LogP) is 3.09. The molecule has 1 aromatic carbocycles. The second-order valence-corrected chi connectivity index (χ2v) is 4.86. The third kappa shape index (κ3) is 4.54. The average Bonchev–Trinajstić information content (AvgIpc) is 2.18. The second-order valence-electron chi connectivity index (χ2n) is 4.42. The van der Waals surface area contributed by atoms with Crippen molar-refractivity contribution in [2.75, 3.05) is 13.2 Å². The Kier molecular flexibility index (Phi) is 4.43. The van der Waals surface area contributed by atoms with Crippen LogP contribution in [0.2, 0.25) is 5.02 Å². The number of halogens is 1. The predicted molar refractivity (Wildman–Crippen MR) is 64.4 cm³/mol. The molecule has 2 nitrogen and oxygen atoms in total. The van der Waals surface area contributed by atoms with Crippen molar-refractivity contribution in [3.63, 3.8) is 0 Å². The summed E-state index contributed by atoms with van der Waals surface area (Å²) in [5.41, 5.74) is 5.77. The summed E-state index contributed by atoms with van der Waals surface area (Å²) in [4.78, 5) is 0. The molecule has 0 aliphatic heterocycles. The fourth-order valence-electron chi connectivity index (χ4n) is 1.10. The van der Waals surface area contributed by atoms with Crippen molar-refractivity contribution in [2.24, 2.45) is 11.1 Å². The largest absolute Gasteiger partial charge is 0.494 e. The minimum atomic E-state index is 0.137. The normalized spacial score (nSPS) is 11.5. The highest BCUT2D eigenvalue weighted by Gasteiger charge is 2.15. The first-order valence-electron chi connectivity index (χ1n) is 5.12. The highest BCUT2D eigenvalue weighted by atomic mass is 35.5. The standard InChI is InChI=1S/C12H18ClNO/c1-12(2,9-14)6-7-15-11-5-3-4-10(13)8-11/h3-5,8H,6-7,9,14H2,1-2H3. The lowest BCUT2D eigenvalue weighted by Crippen LogP contribution is -2.25. The molecule has 0 spiro atoms. The Hall–Kier alpha value is -0.730. The Bertz CT molecular complexity index is 312. The number of hydrogen-bond donors (Lipinski definition) is 1. The minimum Gasteiger partial charge on any atom is -0.494 e. The molecule has 0 saturated carbocycles. The van der Waals surface area contributed by atoms with Gasteiger partial charge in [-0.2, -0.15) is 0 Å². The Balaban J connectivity index is 2.38. The molecule has 0 radical (unpaired) electrons. The van der Waals surface area contributed by atoms with Crippen molar-refractivity contribution in [3.05, 3.63) is 29.3 Å². The summed E-state index contributed by atoms with van der Waals surface area (Å²) in [5.74, 6) is 0.815. The molecule has 15 heavy (non-hydrogen) atoms. The van der Waals surface area contributed by atoms with E-state index in [2.05, 4.69) is 13.8 Å². The summed E-state index contributed by atoms with van der Waals surface area (Å²) >= 11 is 5.84. The first-order chi connectivity index (χ1) is 7.03. The van der Waals surface area contributed by atoms with E-state index in [-0.39, 0.29) is 5.41 Å². The van der Waals surface area contributed by atoms with E-state index in [0.717, 1.165) is 12.2 Å². The van der Waals surface area contributed by atoms with Crippen LogP contribution in [0.1, 0.15) is 20.3 Å². The zero-order valence-corrected chi connectivity index (χ0v) is 10.1. The molecule has 0 aliphatic rings. The fourth-order valence-corrected chi connectivity index (χ4v) is 1.28. The molecule has 3 heteroatoms. The monoisotopic (exact) mass is 227 g/mol. The van der Waals surface area contributed by atoms with E-state index in [1.807, 2.05) is 24.3 Å². The number of ether oxygens (including phenoxy) is 1. The van der Waals surface area contributed by atoms with Crippen molar-refractivity contribution in [1.29, 1.82) is 0 Å². The number of nitrogens with two attached hydrogens (primary N) is 1. The van der Waals surface area contributed by atoms with E-state index >= 15 is 0 Å². The molecule has 1 aromatic rings.